The van der Waals surface area contributed by atoms with Crippen LogP contribution < -0.4 is 5.32 Å². The van der Waals surface area contributed by atoms with Gasteiger partial charge in [0.25, 0.3) is 0 Å². The third-order valence-corrected chi connectivity index (χ3v) is 9.04. The molecule has 2 atom stereocenters. The summed E-state index contributed by atoms with van der Waals surface area (Å²) in [7, 11) is -3.51. The lowest BCUT2D eigenvalue weighted by Crippen LogP contribution is -2.49. The fourth-order valence-corrected chi connectivity index (χ4v) is 6.99. The summed E-state index contributed by atoms with van der Waals surface area (Å²) in [5.74, 6) is 0.692. The Balaban J connectivity index is 1.45. The average molecular weight is 434 g/mol. The summed E-state index contributed by atoms with van der Waals surface area (Å²) >= 11 is 0. The molecule has 0 unspecified atom stereocenters. The quantitative estimate of drug-likeness (QED) is 0.768. The molecule has 1 aromatic rings. The second kappa shape index (κ2) is 9.37. The molecule has 2 aliphatic heterocycles. The van der Waals surface area contributed by atoms with E-state index in [-0.39, 0.29) is 10.8 Å². The highest BCUT2D eigenvalue weighted by Gasteiger charge is 2.34. The molecule has 1 aromatic carbocycles. The number of aryl methyl sites for hydroxylation is 1. The van der Waals surface area contributed by atoms with E-state index in [1.807, 2.05) is 6.92 Å². The molecule has 0 radical (unpaired) electrons. The maximum atomic E-state index is 13.0. The van der Waals surface area contributed by atoms with Gasteiger partial charge >= 0.3 is 0 Å². The van der Waals surface area contributed by atoms with Crippen molar-refractivity contribution in [2.75, 3.05) is 31.5 Å². The molecule has 6 nitrogen and oxygen atoms in total. The van der Waals surface area contributed by atoms with E-state index in [9.17, 15) is 13.2 Å². The number of nitrogens with zero attached hydrogens (tertiary/aromatic N) is 2. The van der Waals surface area contributed by atoms with Crippen molar-refractivity contribution in [3.05, 3.63) is 23.8 Å². The van der Waals surface area contributed by atoms with Crippen LogP contribution in [0.4, 0.5) is 5.69 Å². The fourth-order valence-electron chi connectivity index (χ4n) is 5.45. The molecular weight excluding hydrogens is 398 g/mol. The Kier molecular flexibility index (Phi) is 6.80. The highest BCUT2D eigenvalue weighted by Crippen LogP contribution is 2.35. The van der Waals surface area contributed by atoms with Gasteiger partial charge < -0.3 is 5.32 Å². The van der Waals surface area contributed by atoms with Crippen LogP contribution in [-0.4, -0.2) is 55.8 Å². The minimum absolute atomic E-state index is 0.0446. The summed E-state index contributed by atoms with van der Waals surface area (Å²) in [6.07, 6.45) is 10.4. The molecule has 2 heterocycles. The topological polar surface area (TPSA) is 69.7 Å². The fraction of sp³-hybridized carbons (Fsp3) is 0.696. The van der Waals surface area contributed by atoms with Crippen LogP contribution in [0.25, 0.3) is 0 Å². The van der Waals surface area contributed by atoms with E-state index in [4.69, 9.17) is 0 Å². The van der Waals surface area contributed by atoms with E-state index in [1.54, 1.807) is 22.5 Å². The van der Waals surface area contributed by atoms with Gasteiger partial charge in [-0.25, -0.2) is 8.42 Å². The van der Waals surface area contributed by atoms with Gasteiger partial charge in [0.2, 0.25) is 15.9 Å². The molecule has 30 heavy (non-hydrogen) atoms. The summed E-state index contributed by atoms with van der Waals surface area (Å²) < 4.78 is 27.6. The van der Waals surface area contributed by atoms with Crippen LogP contribution in [0.5, 0.6) is 0 Å². The molecule has 1 amide bonds. The molecule has 0 aromatic heterocycles. The smallest absolute Gasteiger partial charge is 0.243 e. The number of sulfonamides is 1. The van der Waals surface area contributed by atoms with Gasteiger partial charge in [-0.15, -0.1) is 0 Å². The Hall–Kier alpha value is -1.44. The van der Waals surface area contributed by atoms with Crippen LogP contribution >= 0.6 is 0 Å². The van der Waals surface area contributed by atoms with Crippen molar-refractivity contribution in [1.29, 1.82) is 0 Å². The van der Waals surface area contributed by atoms with Gasteiger partial charge in [0, 0.05) is 24.8 Å². The lowest BCUT2D eigenvalue weighted by Gasteiger charge is -2.43. The number of anilines is 1. The number of hydrogen-bond acceptors (Lipinski definition) is 4. The number of rotatable bonds is 5. The first-order chi connectivity index (χ1) is 14.4. The number of hydrogen-bond donors (Lipinski definition) is 1. The van der Waals surface area contributed by atoms with E-state index in [2.05, 4.69) is 10.2 Å². The molecule has 1 N–H and O–H groups in total. The van der Waals surface area contributed by atoms with Crippen LogP contribution in [0.1, 0.15) is 63.4 Å². The van der Waals surface area contributed by atoms with Crippen molar-refractivity contribution >= 4 is 21.6 Å². The zero-order valence-corrected chi connectivity index (χ0v) is 18.9. The van der Waals surface area contributed by atoms with Crippen LogP contribution in [0, 0.1) is 12.8 Å². The molecule has 0 spiro atoms. The first kappa shape index (κ1) is 21.8. The normalized spacial score (nSPS) is 26.2. The maximum Gasteiger partial charge on any atom is 0.243 e. The zero-order valence-electron chi connectivity index (χ0n) is 18.1. The van der Waals surface area contributed by atoms with Crippen molar-refractivity contribution in [1.82, 2.24) is 9.21 Å². The monoisotopic (exact) mass is 433 g/mol. The third kappa shape index (κ3) is 4.73. The number of likely N-dealkylation sites (tertiary alicyclic amines) is 1. The Morgan fingerprint density at radius 3 is 2.53 bits per heavy atom. The second-order valence-electron chi connectivity index (χ2n) is 9.21. The highest BCUT2D eigenvalue weighted by atomic mass is 32.2. The lowest BCUT2D eigenvalue weighted by molar-refractivity contribution is -0.118. The number of carbonyl (C=O) groups excluding carboxylic acids is 1. The van der Waals surface area contributed by atoms with Crippen molar-refractivity contribution in [2.45, 2.75) is 75.6 Å². The zero-order chi connectivity index (χ0) is 21.1. The van der Waals surface area contributed by atoms with Crippen LogP contribution in [0.3, 0.4) is 0 Å². The molecular formula is C23H35N3O3S. The Morgan fingerprint density at radius 1 is 1.00 bits per heavy atom. The molecule has 1 saturated carbocycles. The molecule has 1 aliphatic carbocycles. The first-order valence-corrected chi connectivity index (χ1v) is 13.0. The van der Waals surface area contributed by atoms with Crippen molar-refractivity contribution < 1.29 is 13.2 Å². The number of fused-ring (bicyclic) bond motifs is 1. The van der Waals surface area contributed by atoms with Crippen molar-refractivity contribution in [3.63, 3.8) is 0 Å². The molecule has 3 fully saturated rings. The number of amides is 1. The van der Waals surface area contributed by atoms with Crippen molar-refractivity contribution in [3.8, 4) is 0 Å². The predicted octanol–water partition coefficient (Wildman–Crippen LogP) is 3.76. The van der Waals surface area contributed by atoms with Crippen molar-refractivity contribution in [2.24, 2.45) is 5.92 Å². The summed E-state index contributed by atoms with van der Waals surface area (Å²) in [4.78, 5) is 15.5. The van der Waals surface area contributed by atoms with E-state index in [0.717, 1.165) is 43.7 Å². The Labute approximate surface area is 181 Å². The molecule has 4 rings (SSSR count). The van der Waals surface area contributed by atoms with E-state index < -0.39 is 10.0 Å². The molecule has 0 bridgehead atoms. The van der Waals surface area contributed by atoms with Gasteiger partial charge in [0.15, 0.2) is 0 Å². The largest absolute Gasteiger partial charge is 0.325 e. The van der Waals surface area contributed by atoms with Crippen LogP contribution in [0.2, 0.25) is 0 Å². The van der Waals surface area contributed by atoms with Gasteiger partial charge in [-0.2, -0.15) is 4.31 Å². The minimum atomic E-state index is -3.51. The number of nitrogens with one attached hydrogen (secondary N) is 1. The van der Waals surface area contributed by atoms with Gasteiger partial charge in [-0.3, -0.25) is 9.69 Å². The number of piperidine rings is 2. The van der Waals surface area contributed by atoms with Crippen LogP contribution in [-0.2, 0) is 14.8 Å². The van der Waals surface area contributed by atoms with Gasteiger partial charge in [0.1, 0.15) is 0 Å². The summed E-state index contributed by atoms with van der Waals surface area (Å²) in [5.41, 5.74) is 1.49. The van der Waals surface area contributed by atoms with E-state index in [0.29, 0.717) is 31.4 Å². The Morgan fingerprint density at radius 2 is 1.73 bits per heavy atom. The van der Waals surface area contributed by atoms with E-state index >= 15 is 0 Å². The van der Waals surface area contributed by atoms with Gasteiger partial charge in [0.05, 0.1) is 11.4 Å². The lowest BCUT2D eigenvalue weighted by atomic mass is 9.78. The highest BCUT2D eigenvalue weighted by molar-refractivity contribution is 7.89. The second-order valence-corrected chi connectivity index (χ2v) is 11.2. The number of benzene rings is 1. The molecule has 7 heteroatoms. The standard InChI is InChI=1S/C23H35N3O3S/c1-18-11-12-20(30(28,29)26-14-5-2-6-15-26)16-21(18)24-23(27)17-25-13-7-9-19-8-3-4-10-22(19)25/h11-12,16,19,22H,2-10,13-15,17H2,1H3,(H,24,27)/t19-,22+/m1/s1. The molecule has 3 aliphatic rings. The SMILES string of the molecule is Cc1ccc(S(=O)(=O)N2CCCCC2)cc1NC(=O)CN1CCC[C@H]2CCCC[C@@H]21. The average Bonchev–Trinajstić information content (AvgIpc) is 2.76. The third-order valence-electron chi connectivity index (χ3n) is 7.14. The Bertz CT molecular complexity index is 862. The summed E-state index contributed by atoms with van der Waals surface area (Å²) in [6, 6.07) is 5.62. The predicted molar refractivity (Wildman–Crippen MR) is 119 cm³/mol. The summed E-state index contributed by atoms with van der Waals surface area (Å²) in [5, 5.41) is 3.00. The molecule has 166 valence electrons. The number of carbonyl (C=O) groups is 1. The first-order valence-electron chi connectivity index (χ1n) is 11.6. The molecule has 2 saturated heterocycles. The van der Waals surface area contributed by atoms with Crippen LogP contribution in [0.15, 0.2) is 23.1 Å². The van der Waals surface area contributed by atoms with Gasteiger partial charge in [-0.05, 0) is 75.6 Å². The van der Waals surface area contributed by atoms with E-state index in [1.165, 1.54) is 32.1 Å². The van der Waals surface area contributed by atoms with Gasteiger partial charge in [-0.1, -0.05) is 25.3 Å². The summed E-state index contributed by atoms with van der Waals surface area (Å²) in [6.45, 7) is 4.44. The maximum absolute atomic E-state index is 13.0. The minimum Gasteiger partial charge on any atom is -0.325 e.